The van der Waals surface area contributed by atoms with E-state index in [0.29, 0.717) is 12.1 Å². The topological polar surface area (TPSA) is 56.7 Å². The Bertz CT molecular complexity index is 470. The normalized spacial score (nSPS) is 31.4. The molecule has 2 saturated carbocycles. The number of aliphatic imine (C=N–C) groups is 1. The van der Waals surface area contributed by atoms with Gasteiger partial charge in [-0.3, -0.25) is 9.79 Å². The third-order valence-electron chi connectivity index (χ3n) is 5.98. The van der Waals surface area contributed by atoms with Crippen LogP contribution in [0.5, 0.6) is 0 Å². The van der Waals surface area contributed by atoms with Gasteiger partial charge in [-0.2, -0.15) is 0 Å². The van der Waals surface area contributed by atoms with Gasteiger partial charge in [-0.05, 0) is 24.7 Å². The standard InChI is InChI=1S/C19H34N4O/c1-13(2)18(24)23-10-9-15(12-23)21-19(20-3)22-17-11-16(17)14-7-5-4-6-8-14/h13-17H,4-12H2,1-3H3,(H2,20,21,22). The molecule has 0 radical (unpaired) electrons. The Labute approximate surface area is 146 Å². The molecule has 3 fully saturated rings. The SMILES string of the molecule is CN=C(NC1CCN(C(=O)C(C)C)C1)NC1CC1C1CCCCC1. The molecule has 1 aliphatic heterocycles. The number of carbonyl (C=O) groups is 1. The molecular weight excluding hydrogens is 300 g/mol. The molecule has 0 aromatic heterocycles. The second-order valence-electron chi connectivity index (χ2n) is 8.19. The summed E-state index contributed by atoms with van der Waals surface area (Å²) in [7, 11) is 1.85. The molecule has 2 aliphatic carbocycles. The zero-order valence-corrected chi connectivity index (χ0v) is 15.6. The highest BCUT2D eigenvalue weighted by Gasteiger charge is 2.43. The second kappa shape index (κ2) is 7.75. The number of hydrogen-bond acceptors (Lipinski definition) is 2. The zero-order chi connectivity index (χ0) is 17.1. The van der Waals surface area contributed by atoms with E-state index in [2.05, 4.69) is 15.6 Å². The molecule has 0 aromatic rings. The molecule has 136 valence electrons. The summed E-state index contributed by atoms with van der Waals surface area (Å²) >= 11 is 0. The van der Waals surface area contributed by atoms with Crippen LogP contribution in [-0.4, -0.2) is 49.0 Å². The van der Waals surface area contributed by atoms with Crippen molar-refractivity contribution in [3.8, 4) is 0 Å². The largest absolute Gasteiger partial charge is 0.353 e. The van der Waals surface area contributed by atoms with Crippen molar-refractivity contribution in [1.29, 1.82) is 0 Å². The quantitative estimate of drug-likeness (QED) is 0.613. The minimum absolute atomic E-state index is 0.0869. The first-order valence-electron chi connectivity index (χ1n) is 9.87. The van der Waals surface area contributed by atoms with E-state index in [0.717, 1.165) is 37.3 Å². The molecular formula is C19H34N4O. The van der Waals surface area contributed by atoms with Gasteiger partial charge in [0.2, 0.25) is 5.91 Å². The van der Waals surface area contributed by atoms with Crippen LogP contribution in [0, 0.1) is 17.8 Å². The van der Waals surface area contributed by atoms with Gasteiger partial charge < -0.3 is 15.5 Å². The Kier molecular flexibility index (Phi) is 5.67. The van der Waals surface area contributed by atoms with Gasteiger partial charge in [0.05, 0.1) is 0 Å². The summed E-state index contributed by atoms with van der Waals surface area (Å²) in [5.41, 5.74) is 0. The predicted molar refractivity (Wildman–Crippen MR) is 97.9 cm³/mol. The average molecular weight is 335 g/mol. The molecule has 3 atom stereocenters. The van der Waals surface area contributed by atoms with Crippen molar-refractivity contribution in [2.45, 2.75) is 70.9 Å². The summed E-state index contributed by atoms with van der Waals surface area (Å²) in [6.45, 7) is 5.61. The van der Waals surface area contributed by atoms with E-state index in [1.165, 1.54) is 38.5 Å². The molecule has 0 spiro atoms. The number of amides is 1. The van der Waals surface area contributed by atoms with E-state index >= 15 is 0 Å². The van der Waals surface area contributed by atoms with E-state index in [1.807, 2.05) is 25.8 Å². The molecule has 1 amide bonds. The van der Waals surface area contributed by atoms with E-state index in [1.54, 1.807) is 0 Å². The Morgan fingerprint density at radius 2 is 1.88 bits per heavy atom. The number of nitrogens with zero attached hydrogens (tertiary/aromatic N) is 2. The fraction of sp³-hybridized carbons (Fsp3) is 0.895. The second-order valence-corrected chi connectivity index (χ2v) is 8.19. The van der Waals surface area contributed by atoms with Crippen molar-refractivity contribution < 1.29 is 4.79 Å². The smallest absolute Gasteiger partial charge is 0.225 e. The van der Waals surface area contributed by atoms with Crippen molar-refractivity contribution in [1.82, 2.24) is 15.5 Å². The van der Waals surface area contributed by atoms with E-state index < -0.39 is 0 Å². The third kappa shape index (κ3) is 4.22. The highest BCUT2D eigenvalue weighted by Crippen LogP contribution is 2.44. The van der Waals surface area contributed by atoms with Gasteiger partial charge in [-0.25, -0.2) is 0 Å². The Hall–Kier alpha value is -1.26. The Morgan fingerprint density at radius 1 is 1.12 bits per heavy atom. The number of carbonyl (C=O) groups excluding carboxylic acids is 1. The molecule has 1 heterocycles. The maximum Gasteiger partial charge on any atom is 0.225 e. The zero-order valence-electron chi connectivity index (χ0n) is 15.6. The first-order chi connectivity index (χ1) is 11.6. The van der Waals surface area contributed by atoms with Crippen LogP contribution in [0.4, 0.5) is 0 Å². The van der Waals surface area contributed by atoms with Crippen molar-refractivity contribution in [2.75, 3.05) is 20.1 Å². The van der Waals surface area contributed by atoms with Gasteiger partial charge >= 0.3 is 0 Å². The van der Waals surface area contributed by atoms with Crippen LogP contribution in [-0.2, 0) is 4.79 Å². The minimum Gasteiger partial charge on any atom is -0.353 e. The summed E-state index contributed by atoms with van der Waals surface area (Å²) in [4.78, 5) is 18.5. The van der Waals surface area contributed by atoms with Gasteiger partial charge in [-0.1, -0.05) is 46.0 Å². The lowest BCUT2D eigenvalue weighted by Gasteiger charge is -2.23. The fourth-order valence-electron chi connectivity index (χ4n) is 4.45. The first-order valence-corrected chi connectivity index (χ1v) is 9.87. The van der Waals surface area contributed by atoms with Gasteiger partial charge in [0.15, 0.2) is 5.96 Å². The molecule has 1 saturated heterocycles. The molecule has 24 heavy (non-hydrogen) atoms. The molecule has 5 nitrogen and oxygen atoms in total. The minimum atomic E-state index is 0.0869. The maximum absolute atomic E-state index is 12.1. The number of hydrogen-bond donors (Lipinski definition) is 2. The van der Waals surface area contributed by atoms with E-state index in [-0.39, 0.29) is 11.8 Å². The third-order valence-corrected chi connectivity index (χ3v) is 5.98. The van der Waals surface area contributed by atoms with Crippen LogP contribution < -0.4 is 10.6 Å². The van der Waals surface area contributed by atoms with Crippen LogP contribution in [0.15, 0.2) is 4.99 Å². The highest BCUT2D eigenvalue weighted by atomic mass is 16.2. The van der Waals surface area contributed by atoms with Crippen molar-refractivity contribution in [2.24, 2.45) is 22.7 Å². The maximum atomic E-state index is 12.1. The molecule has 3 unspecified atom stereocenters. The van der Waals surface area contributed by atoms with Crippen LogP contribution >= 0.6 is 0 Å². The molecule has 2 N–H and O–H groups in total. The van der Waals surface area contributed by atoms with Gasteiger partial charge in [0.1, 0.15) is 0 Å². The summed E-state index contributed by atoms with van der Waals surface area (Å²) in [5, 5.41) is 7.15. The van der Waals surface area contributed by atoms with Crippen LogP contribution in [0.3, 0.4) is 0 Å². The monoisotopic (exact) mass is 334 g/mol. The van der Waals surface area contributed by atoms with Gasteiger partial charge in [0.25, 0.3) is 0 Å². The lowest BCUT2D eigenvalue weighted by molar-refractivity contribution is -0.133. The molecule has 3 rings (SSSR count). The van der Waals surface area contributed by atoms with Crippen LogP contribution in [0.25, 0.3) is 0 Å². The summed E-state index contributed by atoms with van der Waals surface area (Å²) in [6.07, 6.45) is 9.42. The Balaban J connectivity index is 1.42. The van der Waals surface area contributed by atoms with E-state index in [4.69, 9.17) is 0 Å². The predicted octanol–water partition coefficient (Wildman–Crippen LogP) is 2.38. The summed E-state index contributed by atoms with van der Waals surface area (Å²) < 4.78 is 0. The summed E-state index contributed by atoms with van der Waals surface area (Å²) in [5.74, 6) is 3.05. The number of guanidine groups is 1. The molecule has 0 bridgehead atoms. The summed E-state index contributed by atoms with van der Waals surface area (Å²) in [6, 6.07) is 0.930. The molecule has 0 aromatic carbocycles. The molecule has 3 aliphatic rings. The number of likely N-dealkylation sites (tertiary alicyclic amines) is 1. The van der Waals surface area contributed by atoms with Crippen molar-refractivity contribution >= 4 is 11.9 Å². The first kappa shape index (κ1) is 17.6. The lowest BCUT2D eigenvalue weighted by atomic mass is 9.85. The highest BCUT2D eigenvalue weighted by molar-refractivity contribution is 5.81. The van der Waals surface area contributed by atoms with E-state index in [9.17, 15) is 4.79 Å². The molecule has 5 heteroatoms. The van der Waals surface area contributed by atoms with Gasteiger partial charge in [0, 0.05) is 38.1 Å². The van der Waals surface area contributed by atoms with Crippen LogP contribution in [0.2, 0.25) is 0 Å². The number of nitrogens with one attached hydrogen (secondary N) is 2. The lowest BCUT2D eigenvalue weighted by Crippen LogP contribution is -2.46. The average Bonchev–Trinajstić information content (AvgIpc) is 3.21. The van der Waals surface area contributed by atoms with Gasteiger partial charge in [-0.15, -0.1) is 0 Å². The van der Waals surface area contributed by atoms with Crippen molar-refractivity contribution in [3.05, 3.63) is 0 Å². The van der Waals surface area contributed by atoms with Crippen LogP contribution in [0.1, 0.15) is 58.8 Å². The Morgan fingerprint density at radius 3 is 2.54 bits per heavy atom. The fourth-order valence-corrected chi connectivity index (χ4v) is 4.45. The van der Waals surface area contributed by atoms with Crippen molar-refractivity contribution in [3.63, 3.8) is 0 Å². The number of rotatable bonds is 4.